The van der Waals surface area contributed by atoms with E-state index in [1.807, 2.05) is 20.8 Å². The first-order chi connectivity index (χ1) is 12.8. The van der Waals surface area contributed by atoms with Gasteiger partial charge in [-0.3, -0.25) is 0 Å². The van der Waals surface area contributed by atoms with E-state index in [1.165, 1.54) is 12.3 Å². The van der Waals surface area contributed by atoms with Gasteiger partial charge in [-0.2, -0.15) is 4.80 Å². The largest absolute Gasteiger partial charge is 0.489 e. The van der Waals surface area contributed by atoms with E-state index >= 15 is 0 Å². The van der Waals surface area contributed by atoms with Gasteiger partial charge in [0.2, 0.25) is 0 Å². The van der Waals surface area contributed by atoms with Crippen molar-refractivity contribution in [2.45, 2.75) is 50.7 Å². The molecule has 147 valence electrons. The van der Waals surface area contributed by atoms with Crippen molar-refractivity contribution in [3.05, 3.63) is 24.3 Å². The molecule has 1 fully saturated rings. The number of tetrazole rings is 1. The Morgan fingerprint density at radius 2 is 1.96 bits per heavy atom. The van der Waals surface area contributed by atoms with Crippen LogP contribution in [0.3, 0.4) is 0 Å². The van der Waals surface area contributed by atoms with E-state index in [2.05, 4.69) is 26.4 Å². The number of sulfone groups is 1. The molecule has 3 rings (SSSR count). The van der Waals surface area contributed by atoms with Crippen molar-refractivity contribution in [2.24, 2.45) is 5.92 Å². The molecule has 0 saturated carbocycles. The molecule has 0 spiro atoms. The Morgan fingerprint density at radius 3 is 2.56 bits per heavy atom. The molecule has 1 radical (unpaired) electrons. The summed E-state index contributed by atoms with van der Waals surface area (Å²) in [5.74, 6) is 1.39. The summed E-state index contributed by atoms with van der Waals surface area (Å²) < 4.78 is 29.9. The molecular weight excluding hydrogens is 366 g/mol. The predicted octanol–water partition coefficient (Wildman–Crippen LogP) is 2.14. The number of anilines is 1. The van der Waals surface area contributed by atoms with E-state index in [1.54, 1.807) is 16.9 Å². The summed E-state index contributed by atoms with van der Waals surface area (Å²) in [5, 5.41) is 12.7. The van der Waals surface area contributed by atoms with Crippen molar-refractivity contribution in [1.29, 1.82) is 0 Å². The number of hydrogen-bond acceptors (Lipinski definition) is 7. The molecule has 2 heterocycles. The Kier molecular flexibility index (Phi) is 5.69. The monoisotopic (exact) mass is 392 g/mol. The number of aromatic nitrogens is 4. The first-order valence-corrected chi connectivity index (χ1v) is 11.1. The molecule has 27 heavy (non-hydrogen) atoms. The van der Waals surface area contributed by atoms with Gasteiger partial charge in [0.1, 0.15) is 10.6 Å². The molecule has 0 aliphatic carbocycles. The molecule has 1 aliphatic heterocycles. The molecule has 0 unspecified atom stereocenters. The number of nitrogens with zero attached hydrogens (tertiary/aromatic N) is 5. The van der Waals surface area contributed by atoms with Gasteiger partial charge in [-0.1, -0.05) is 11.2 Å². The number of ether oxygens (including phenoxy) is 1. The quantitative estimate of drug-likeness (QED) is 0.744. The van der Waals surface area contributed by atoms with Crippen molar-refractivity contribution in [1.82, 2.24) is 20.2 Å². The molecule has 1 atom stereocenters. The van der Waals surface area contributed by atoms with Crippen LogP contribution in [0.4, 0.5) is 5.95 Å². The van der Waals surface area contributed by atoms with Crippen LogP contribution in [0.5, 0.6) is 5.75 Å². The molecule has 2 aromatic rings. The van der Waals surface area contributed by atoms with Crippen LogP contribution >= 0.6 is 0 Å². The second-order valence-corrected chi connectivity index (χ2v) is 9.28. The minimum absolute atomic E-state index is 0.0886. The normalized spacial score (nSPS) is 17.3. The van der Waals surface area contributed by atoms with Crippen LogP contribution < -0.4 is 9.64 Å². The Hall–Kier alpha value is -2.16. The lowest BCUT2D eigenvalue weighted by atomic mass is 9.92. The van der Waals surface area contributed by atoms with E-state index in [-0.39, 0.29) is 17.0 Å². The highest BCUT2D eigenvalue weighted by Crippen LogP contribution is 2.29. The van der Waals surface area contributed by atoms with Gasteiger partial charge in [-0.15, -0.1) is 5.10 Å². The Bertz CT molecular complexity index is 873. The molecule has 8 nitrogen and oxygen atoms in total. The highest BCUT2D eigenvalue weighted by molar-refractivity contribution is 7.90. The topological polar surface area (TPSA) is 90.2 Å². The zero-order valence-corrected chi connectivity index (χ0v) is 17.0. The average molecular weight is 393 g/mol. The maximum absolute atomic E-state index is 11.9. The maximum Gasteiger partial charge on any atom is 0.266 e. The molecular formula is C18H26N5O3S. The molecule has 1 aromatic carbocycles. The van der Waals surface area contributed by atoms with Crippen molar-refractivity contribution in [2.75, 3.05) is 24.2 Å². The first-order valence-electron chi connectivity index (χ1n) is 9.17. The summed E-state index contributed by atoms with van der Waals surface area (Å²) in [6, 6.07) is 7.79. The van der Waals surface area contributed by atoms with Gasteiger partial charge in [-0.25, -0.2) is 8.42 Å². The van der Waals surface area contributed by atoms with E-state index in [0.29, 0.717) is 17.6 Å². The van der Waals surface area contributed by atoms with Gasteiger partial charge in [0, 0.05) is 19.3 Å². The van der Waals surface area contributed by atoms with Crippen LogP contribution in [-0.4, -0.2) is 54.1 Å². The second kappa shape index (κ2) is 7.84. The lowest BCUT2D eigenvalue weighted by Crippen LogP contribution is -2.39. The Morgan fingerprint density at radius 1 is 1.26 bits per heavy atom. The van der Waals surface area contributed by atoms with Crippen molar-refractivity contribution in [3.63, 3.8) is 0 Å². The highest BCUT2D eigenvalue weighted by Gasteiger charge is 2.28. The molecule has 0 amide bonds. The third-order valence-corrected chi connectivity index (χ3v) is 5.98. The Balaban J connectivity index is 1.61. The summed E-state index contributed by atoms with van der Waals surface area (Å²) in [7, 11) is -3.35. The molecule has 1 aromatic heterocycles. The van der Waals surface area contributed by atoms with E-state index in [9.17, 15) is 8.42 Å². The molecule has 1 saturated heterocycles. The number of piperidine rings is 1. The SMILES string of the molecule is CC(C)n1nnc(N2CCC([C@H](C)Oc3cc[c]cc3S(C)(=O)=O)CC2)n1. The van der Waals surface area contributed by atoms with Crippen LogP contribution in [0.2, 0.25) is 0 Å². The van der Waals surface area contributed by atoms with Crippen LogP contribution in [0.15, 0.2) is 23.1 Å². The fourth-order valence-electron chi connectivity index (χ4n) is 3.22. The van der Waals surface area contributed by atoms with E-state index in [4.69, 9.17) is 4.74 Å². The van der Waals surface area contributed by atoms with Gasteiger partial charge in [0.25, 0.3) is 5.95 Å². The molecule has 9 heteroatoms. The minimum Gasteiger partial charge on any atom is -0.489 e. The predicted molar refractivity (Wildman–Crippen MR) is 102 cm³/mol. The average Bonchev–Trinajstić information content (AvgIpc) is 3.12. The van der Waals surface area contributed by atoms with Gasteiger partial charge < -0.3 is 9.64 Å². The Labute approximate surface area is 160 Å². The molecule has 0 N–H and O–H groups in total. The summed E-state index contributed by atoms with van der Waals surface area (Å²) in [6.45, 7) is 7.68. The summed E-state index contributed by atoms with van der Waals surface area (Å²) in [6.07, 6.45) is 2.94. The van der Waals surface area contributed by atoms with Gasteiger partial charge >= 0.3 is 0 Å². The van der Waals surface area contributed by atoms with Gasteiger partial charge in [0.05, 0.1) is 12.1 Å². The highest BCUT2D eigenvalue weighted by atomic mass is 32.2. The van der Waals surface area contributed by atoms with Crippen LogP contribution in [0, 0.1) is 12.0 Å². The fraction of sp³-hybridized carbons (Fsp3) is 0.611. The third kappa shape index (κ3) is 4.58. The van der Waals surface area contributed by atoms with E-state index < -0.39 is 9.84 Å². The van der Waals surface area contributed by atoms with Crippen molar-refractivity contribution < 1.29 is 13.2 Å². The lowest BCUT2D eigenvalue weighted by Gasteiger charge is -2.34. The zero-order valence-electron chi connectivity index (χ0n) is 16.2. The maximum atomic E-state index is 11.9. The molecule has 1 aliphatic rings. The lowest BCUT2D eigenvalue weighted by molar-refractivity contribution is 0.129. The van der Waals surface area contributed by atoms with E-state index in [0.717, 1.165) is 25.9 Å². The first kappa shape index (κ1) is 19.6. The second-order valence-electron chi connectivity index (χ2n) is 7.30. The third-order valence-electron chi connectivity index (χ3n) is 4.87. The number of rotatable bonds is 6. The van der Waals surface area contributed by atoms with Gasteiger partial charge in [-0.05, 0) is 62.9 Å². The minimum atomic E-state index is -3.35. The van der Waals surface area contributed by atoms with Crippen molar-refractivity contribution >= 4 is 15.8 Å². The zero-order chi connectivity index (χ0) is 19.6. The summed E-state index contributed by atoms with van der Waals surface area (Å²) in [5.41, 5.74) is 0. The summed E-state index contributed by atoms with van der Waals surface area (Å²) >= 11 is 0. The number of benzene rings is 1. The summed E-state index contributed by atoms with van der Waals surface area (Å²) in [4.78, 5) is 3.93. The number of hydrogen-bond donors (Lipinski definition) is 0. The smallest absolute Gasteiger partial charge is 0.266 e. The molecule has 0 bridgehead atoms. The van der Waals surface area contributed by atoms with Crippen LogP contribution in [-0.2, 0) is 9.84 Å². The van der Waals surface area contributed by atoms with Crippen LogP contribution in [0.1, 0.15) is 39.7 Å². The standard InChI is InChI=1S/C18H26N5O3S/c1-13(2)23-20-18(19-21-23)22-11-9-15(10-12-22)14(3)26-16-7-5-6-8-17(16)27(4,24)25/h5,7-8,13-15H,9-12H2,1-4H3/t14-/m0/s1. The fourth-order valence-corrected chi connectivity index (χ4v) is 3.98. The van der Waals surface area contributed by atoms with Gasteiger partial charge in [0.15, 0.2) is 9.84 Å². The van der Waals surface area contributed by atoms with Crippen molar-refractivity contribution in [3.8, 4) is 5.75 Å². The van der Waals surface area contributed by atoms with Crippen LogP contribution in [0.25, 0.3) is 0 Å².